The van der Waals surface area contributed by atoms with E-state index in [9.17, 15) is 0 Å². The zero-order valence-electron chi connectivity index (χ0n) is 11.6. The van der Waals surface area contributed by atoms with Crippen LogP contribution < -0.4 is 5.73 Å². The van der Waals surface area contributed by atoms with Gasteiger partial charge in [0.05, 0.1) is 0 Å². The first-order valence-corrected chi connectivity index (χ1v) is 7.34. The van der Waals surface area contributed by atoms with E-state index in [0.29, 0.717) is 0 Å². The van der Waals surface area contributed by atoms with Gasteiger partial charge in [0.2, 0.25) is 0 Å². The van der Waals surface area contributed by atoms with Crippen LogP contribution in [-0.4, -0.2) is 4.57 Å². The summed E-state index contributed by atoms with van der Waals surface area (Å²) in [6, 6.07) is 11.4. The summed E-state index contributed by atoms with van der Waals surface area (Å²) in [5, 5.41) is 0. The molecule has 2 N–H and O–H groups in total. The number of hydrogen-bond donors (Lipinski definition) is 1. The summed E-state index contributed by atoms with van der Waals surface area (Å²) in [7, 11) is 0. The number of fused-ring (bicyclic) bond motifs is 1. The molecule has 0 amide bonds. The lowest BCUT2D eigenvalue weighted by Gasteiger charge is -2.21. The summed E-state index contributed by atoms with van der Waals surface area (Å²) in [6.07, 6.45) is 8.00. The van der Waals surface area contributed by atoms with Crippen molar-refractivity contribution in [2.75, 3.05) is 0 Å². The van der Waals surface area contributed by atoms with Crippen molar-refractivity contribution < 1.29 is 0 Å². The summed E-state index contributed by atoms with van der Waals surface area (Å²) in [5.74, 6) is 0. The van der Waals surface area contributed by atoms with Gasteiger partial charge in [-0.3, -0.25) is 0 Å². The molecular formula is C17H22N2. The second-order valence-electron chi connectivity index (χ2n) is 5.50. The molecule has 1 aromatic carbocycles. The fourth-order valence-corrected chi connectivity index (χ4v) is 3.08. The number of nitrogens with two attached hydrogens (primary N) is 1. The van der Waals surface area contributed by atoms with E-state index < -0.39 is 0 Å². The molecule has 0 saturated heterocycles. The average molecular weight is 254 g/mol. The topological polar surface area (TPSA) is 30.9 Å². The average Bonchev–Trinajstić information content (AvgIpc) is 2.85. The normalized spacial score (nSPS) is 18.3. The minimum Gasteiger partial charge on any atom is -0.324 e. The number of benzene rings is 1. The first-order chi connectivity index (χ1) is 9.29. The van der Waals surface area contributed by atoms with Gasteiger partial charge < -0.3 is 10.3 Å². The lowest BCUT2D eigenvalue weighted by Crippen LogP contribution is -2.17. The van der Waals surface area contributed by atoms with E-state index in [2.05, 4.69) is 48.0 Å². The van der Waals surface area contributed by atoms with Crippen LogP contribution in [0, 0.1) is 0 Å². The molecule has 1 aliphatic carbocycles. The third kappa shape index (κ3) is 2.33. The smallest absolute Gasteiger partial charge is 0.0452 e. The fourth-order valence-electron chi connectivity index (χ4n) is 3.08. The highest BCUT2D eigenvalue weighted by atomic mass is 15.0. The van der Waals surface area contributed by atoms with Crippen molar-refractivity contribution in [3.63, 3.8) is 0 Å². The van der Waals surface area contributed by atoms with E-state index in [-0.39, 0.29) is 6.04 Å². The third-order valence-corrected chi connectivity index (χ3v) is 4.11. The molecule has 1 aromatic heterocycles. The largest absolute Gasteiger partial charge is 0.324 e. The summed E-state index contributed by atoms with van der Waals surface area (Å²) in [5.41, 5.74) is 11.6. The van der Waals surface area contributed by atoms with Gasteiger partial charge in [-0.25, -0.2) is 0 Å². The van der Waals surface area contributed by atoms with Crippen LogP contribution in [0.25, 0.3) is 5.69 Å². The van der Waals surface area contributed by atoms with E-state index in [1.165, 1.54) is 35.3 Å². The van der Waals surface area contributed by atoms with E-state index in [1.807, 2.05) is 0 Å². The molecule has 0 saturated carbocycles. The predicted octanol–water partition coefficient (Wildman–Crippen LogP) is 3.77. The zero-order valence-corrected chi connectivity index (χ0v) is 11.6. The maximum absolute atomic E-state index is 6.19. The van der Waals surface area contributed by atoms with Gasteiger partial charge in [0.15, 0.2) is 0 Å². The van der Waals surface area contributed by atoms with Gasteiger partial charge >= 0.3 is 0 Å². The Morgan fingerprint density at radius 1 is 1.21 bits per heavy atom. The minimum absolute atomic E-state index is 0.226. The number of hydrogen-bond acceptors (Lipinski definition) is 1. The Hall–Kier alpha value is -1.54. The van der Waals surface area contributed by atoms with Crippen molar-refractivity contribution >= 4 is 0 Å². The Morgan fingerprint density at radius 2 is 2.00 bits per heavy atom. The number of aryl methyl sites for hydroxylation is 1. The fraction of sp³-hybridized carbons (Fsp3) is 0.412. The lowest BCUT2D eigenvalue weighted by molar-refractivity contribution is 0.560. The molecule has 0 fully saturated rings. The Morgan fingerprint density at radius 3 is 2.74 bits per heavy atom. The van der Waals surface area contributed by atoms with Crippen LogP contribution in [0.1, 0.15) is 49.0 Å². The highest BCUT2D eigenvalue weighted by molar-refractivity contribution is 5.41. The zero-order chi connectivity index (χ0) is 13.2. The van der Waals surface area contributed by atoms with Crippen LogP contribution in [0.3, 0.4) is 0 Å². The number of nitrogens with zero attached hydrogens (tertiary/aromatic N) is 1. The van der Waals surface area contributed by atoms with Crippen LogP contribution in [-0.2, 0) is 12.8 Å². The Kier molecular flexibility index (Phi) is 3.43. The molecular weight excluding hydrogens is 232 g/mol. The van der Waals surface area contributed by atoms with Gasteiger partial charge in [0.25, 0.3) is 0 Å². The molecule has 2 nitrogen and oxygen atoms in total. The van der Waals surface area contributed by atoms with Gasteiger partial charge in [0.1, 0.15) is 0 Å². The Bertz CT molecular complexity index is 551. The molecule has 1 aliphatic rings. The minimum atomic E-state index is 0.226. The Balaban J connectivity index is 1.94. The first kappa shape index (κ1) is 12.5. The first-order valence-electron chi connectivity index (χ1n) is 7.34. The molecule has 19 heavy (non-hydrogen) atoms. The molecule has 2 aromatic rings. The van der Waals surface area contributed by atoms with Crippen LogP contribution in [0.15, 0.2) is 36.5 Å². The van der Waals surface area contributed by atoms with E-state index in [1.54, 1.807) is 0 Å². The monoisotopic (exact) mass is 254 g/mol. The van der Waals surface area contributed by atoms with Crippen molar-refractivity contribution in [2.45, 2.75) is 45.1 Å². The number of aromatic nitrogens is 1. The maximum Gasteiger partial charge on any atom is 0.0452 e. The molecule has 2 heteroatoms. The SMILES string of the molecule is CCCc1ccc(-n2ccc3c2CCCC3N)cc1. The third-order valence-electron chi connectivity index (χ3n) is 4.11. The van der Waals surface area contributed by atoms with Crippen molar-refractivity contribution in [3.05, 3.63) is 53.3 Å². The standard InChI is InChI=1S/C17H22N2/c1-2-4-13-7-9-14(10-8-13)19-12-11-15-16(18)5-3-6-17(15)19/h7-12,16H,2-6,18H2,1H3. The lowest BCUT2D eigenvalue weighted by atomic mass is 9.93. The second-order valence-corrected chi connectivity index (χ2v) is 5.50. The quantitative estimate of drug-likeness (QED) is 0.888. The van der Waals surface area contributed by atoms with E-state index in [4.69, 9.17) is 5.73 Å². The van der Waals surface area contributed by atoms with Gasteiger partial charge in [-0.2, -0.15) is 0 Å². The van der Waals surface area contributed by atoms with Crippen molar-refractivity contribution in [2.24, 2.45) is 5.73 Å². The molecule has 100 valence electrons. The highest BCUT2D eigenvalue weighted by Crippen LogP contribution is 2.30. The van der Waals surface area contributed by atoms with Crippen molar-refractivity contribution in [1.29, 1.82) is 0 Å². The summed E-state index contributed by atoms with van der Waals surface area (Å²) in [4.78, 5) is 0. The van der Waals surface area contributed by atoms with E-state index in [0.717, 1.165) is 19.3 Å². The summed E-state index contributed by atoms with van der Waals surface area (Å²) in [6.45, 7) is 2.22. The molecule has 0 aliphatic heterocycles. The van der Waals surface area contributed by atoms with Crippen molar-refractivity contribution in [3.8, 4) is 5.69 Å². The van der Waals surface area contributed by atoms with E-state index >= 15 is 0 Å². The predicted molar refractivity (Wildman–Crippen MR) is 79.6 cm³/mol. The molecule has 1 unspecified atom stereocenters. The van der Waals surface area contributed by atoms with Gasteiger partial charge in [-0.05, 0) is 55.0 Å². The van der Waals surface area contributed by atoms with Crippen LogP contribution >= 0.6 is 0 Å². The molecule has 1 atom stereocenters. The van der Waals surface area contributed by atoms with Crippen LogP contribution in [0.5, 0.6) is 0 Å². The molecule has 0 bridgehead atoms. The summed E-state index contributed by atoms with van der Waals surface area (Å²) < 4.78 is 2.31. The van der Waals surface area contributed by atoms with Crippen LogP contribution in [0.4, 0.5) is 0 Å². The van der Waals surface area contributed by atoms with Crippen LogP contribution in [0.2, 0.25) is 0 Å². The molecule has 0 spiro atoms. The summed E-state index contributed by atoms with van der Waals surface area (Å²) >= 11 is 0. The molecule has 0 radical (unpaired) electrons. The number of rotatable bonds is 3. The molecule has 3 rings (SSSR count). The molecule has 1 heterocycles. The van der Waals surface area contributed by atoms with Crippen molar-refractivity contribution in [1.82, 2.24) is 4.57 Å². The van der Waals surface area contributed by atoms with Gasteiger partial charge in [0, 0.05) is 23.6 Å². The van der Waals surface area contributed by atoms with Gasteiger partial charge in [-0.15, -0.1) is 0 Å². The maximum atomic E-state index is 6.19. The highest BCUT2D eigenvalue weighted by Gasteiger charge is 2.20. The Labute approximate surface area is 115 Å². The van der Waals surface area contributed by atoms with Gasteiger partial charge in [-0.1, -0.05) is 25.5 Å². The second kappa shape index (κ2) is 5.22.